The Morgan fingerprint density at radius 2 is 1.98 bits per heavy atom. The third-order valence-electron chi connectivity index (χ3n) is 8.61. The molecule has 0 aliphatic carbocycles. The van der Waals surface area contributed by atoms with Crippen LogP contribution in [0.5, 0.6) is 6.01 Å². The molecule has 2 saturated heterocycles. The molecule has 2 atom stereocenters. The van der Waals surface area contributed by atoms with Crippen LogP contribution in [0.3, 0.4) is 0 Å². The van der Waals surface area contributed by atoms with Gasteiger partial charge < -0.3 is 29.9 Å². The van der Waals surface area contributed by atoms with Crippen molar-refractivity contribution in [3.8, 4) is 12.1 Å². The fourth-order valence-corrected chi connectivity index (χ4v) is 6.52. The lowest BCUT2D eigenvalue weighted by Crippen LogP contribution is -2.55. The highest BCUT2D eigenvalue weighted by molar-refractivity contribution is 5.94. The van der Waals surface area contributed by atoms with E-state index in [1.165, 1.54) is 21.4 Å². The third kappa shape index (κ3) is 5.59. The van der Waals surface area contributed by atoms with E-state index in [1.54, 1.807) is 0 Å². The summed E-state index contributed by atoms with van der Waals surface area (Å²) in [5.41, 5.74) is 3.28. The van der Waals surface area contributed by atoms with Crippen molar-refractivity contribution < 1.29 is 14.6 Å². The van der Waals surface area contributed by atoms with Gasteiger partial charge >= 0.3 is 12.1 Å². The molecule has 0 saturated carbocycles. The van der Waals surface area contributed by atoms with Gasteiger partial charge in [-0.2, -0.15) is 15.2 Å². The summed E-state index contributed by atoms with van der Waals surface area (Å²) in [7, 11) is 0. The van der Waals surface area contributed by atoms with Gasteiger partial charge in [0, 0.05) is 54.4 Å². The summed E-state index contributed by atoms with van der Waals surface area (Å²) < 4.78 is 6.24. The second kappa shape index (κ2) is 11.1. The summed E-state index contributed by atoms with van der Waals surface area (Å²) in [5, 5.41) is 25.1. The lowest BCUT2D eigenvalue weighted by Gasteiger charge is -2.41. The maximum absolute atomic E-state index is 11.8. The van der Waals surface area contributed by atoms with E-state index < -0.39 is 12.1 Å². The first kappa shape index (κ1) is 27.1. The van der Waals surface area contributed by atoms with E-state index in [0.29, 0.717) is 38.8 Å². The van der Waals surface area contributed by atoms with E-state index in [-0.39, 0.29) is 18.0 Å². The summed E-state index contributed by atoms with van der Waals surface area (Å²) in [6.45, 7) is 7.57. The number of ether oxygens (including phenoxy) is 1. The summed E-state index contributed by atoms with van der Waals surface area (Å²) in [6, 6.07) is 17.2. The van der Waals surface area contributed by atoms with Crippen LogP contribution in [0, 0.1) is 11.3 Å². The van der Waals surface area contributed by atoms with Crippen LogP contribution in [-0.4, -0.2) is 76.5 Å². The molecule has 10 heteroatoms. The highest BCUT2D eigenvalue weighted by atomic mass is 16.5. The molecule has 6 rings (SSSR count). The molecule has 214 valence electrons. The topological polar surface area (TPSA) is 118 Å². The minimum atomic E-state index is -0.989. The van der Waals surface area contributed by atoms with Gasteiger partial charge in [0.2, 0.25) is 0 Å². The van der Waals surface area contributed by atoms with Gasteiger partial charge in [-0.1, -0.05) is 36.4 Å². The van der Waals surface area contributed by atoms with Gasteiger partial charge in [-0.25, -0.2) is 4.79 Å². The molecule has 4 heterocycles. The van der Waals surface area contributed by atoms with Crippen LogP contribution in [0.15, 0.2) is 42.5 Å². The van der Waals surface area contributed by atoms with Crippen LogP contribution >= 0.6 is 0 Å². The minimum Gasteiger partial charge on any atom is -0.465 e. The Hall–Kier alpha value is -4.10. The van der Waals surface area contributed by atoms with Crippen molar-refractivity contribution in [3.05, 3.63) is 53.7 Å². The average molecular weight is 556 g/mol. The van der Waals surface area contributed by atoms with Gasteiger partial charge in [0.15, 0.2) is 0 Å². The number of amides is 1. The first-order valence-corrected chi connectivity index (χ1v) is 14.5. The lowest BCUT2D eigenvalue weighted by atomic mass is 10.0. The Morgan fingerprint density at radius 3 is 2.76 bits per heavy atom. The van der Waals surface area contributed by atoms with Gasteiger partial charge in [-0.05, 0) is 44.6 Å². The molecule has 3 aliphatic rings. The van der Waals surface area contributed by atoms with E-state index in [9.17, 15) is 15.2 Å². The zero-order chi connectivity index (χ0) is 28.6. The largest absolute Gasteiger partial charge is 0.465 e. The smallest absolute Gasteiger partial charge is 0.407 e. The molecule has 0 spiro atoms. The summed E-state index contributed by atoms with van der Waals surface area (Å²) in [4.78, 5) is 27.6. The van der Waals surface area contributed by atoms with Crippen molar-refractivity contribution in [1.82, 2.24) is 20.2 Å². The number of nitrogens with one attached hydrogen (secondary N) is 1. The molecule has 1 amide bonds. The predicted molar refractivity (Wildman–Crippen MR) is 157 cm³/mol. The number of rotatable bonds is 6. The molecule has 41 heavy (non-hydrogen) atoms. The number of carbonyl (C=O) groups is 1. The Bertz CT molecular complexity index is 1480. The van der Waals surface area contributed by atoms with E-state index in [0.717, 1.165) is 42.9 Å². The quantitative estimate of drug-likeness (QED) is 0.462. The third-order valence-corrected chi connectivity index (χ3v) is 8.61. The zero-order valence-electron chi connectivity index (χ0n) is 23.7. The van der Waals surface area contributed by atoms with Crippen LogP contribution in [0.1, 0.15) is 44.4 Å². The number of piperazine rings is 1. The second-order valence-corrected chi connectivity index (χ2v) is 11.9. The molecule has 3 aliphatic heterocycles. The minimum absolute atomic E-state index is 0.0917. The molecule has 1 unspecified atom stereocenters. The Morgan fingerprint density at radius 1 is 1.15 bits per heavy atom. The van der Waals surface area contributed by atoms with Crippen molar-refractivity contribution in [2.45, 2.75) is 63.7 Å². The number of carboxylic acid groups (broad SMARTS) is 1. The van der Waals surface area contributed by atoms with Crippen LogP contribution in [0.25, 0.3) is 10.8 Å². The maximum Gasteiger partial charge on any atom is 0.407 e. The summed E-state index contributed by atoms with van der Waals surface area (Å²) in [6.07, 6.45) is 2.03. The molecule has 3 aromatic rings. The molecule has 1 aromatic heterocycles. The maximum atomic E-state index is 11.8. The van der Waals surface area contributed by atoms with Crippen molar-refractivity contribution in [2.24, 2.45) is 0 Å². The number of benzene rings is 2. The summed E-state index contributed by atoms with van der Waals surface area (Å²) >= 11 is 0. The molecule has 2 fully saturated rings. The highest BCUT2D eigenvalue weighted by Crippen LogP contribution is 2.35. The molecule has 2 N–H and O–H groups in total. The van der Waals surface area contributed by atoms with Gasteiger partial charge in [0.1, 0.15) is 12.4 Å². The Balaban J connectivity index is 1.32. The predicted octanol–water partition coefficient (Wildman–Crippen LogP) is 4.18. The molecule has 10 nitrogen and oxygen atoms in total. The monoisotopic (exact) mass is 555 g/mol. The van der Waals surface area contributed by atoms with Crippen molar-refractivity contribution in [3.63, 3.8) is 0 Å². The first-order chi connectivity index (χ1) is 19.8. The zero-order valence-corrected chi connectivity index (χ0v) is 23.7. The van der Waals surface area contributed by atoms with Crippen molar-refractivity contribution >= 4 is 28.4 Å². The van der Waals surface area contributed by atoms with Crippen molar-refractivity contribution in [1.29, 1.82) is 5.26 Å². The van der Waals surface area contributed by atoms with E-state index in [1.807, 2.05) is 0 Å². The SMILES string of the molecule is CC1(C)CC[C@@H](COc2nc3c(c(N4CCN(C(=O)O)C(CC#N)C4)n2)CCN(c2cccc4ccccc24)C3)N1. The number of nitriles is 1. The fraction of sp³-hybridized carbons (Fsp3) is 0.484. The van der Waals surface area contributed by atoms with Gasteiger partial charge in [0.05, 0.1) is 30.8 Å². The Kier molecular flexibility index (Phi) is 7.30. The second-order valence-electron chi connectivity index (χ2n) is 11.9. The van der Waals surface area contributed by atoms with Gasteiger partial charge in [0.25, 0.3) is 0 Å². The van der Waals surface area contributed by atoms with Crippen LogP contribution in [-0.2, 0) is 13.0 Å². The number of anilines is 2. The number of aromatic nitrogens is 2. The molecule has 0 bridgehead atoms. The standard InChI is InChI=1S/C31H37N7O3/c1-31(2)13-10-22(35-31)20-41-29-33-26-19-36(27-9-5-7-21-6-3-4-8-24(21)27)15-12-25(26)28(34-29)37-16-17-38(30(39)40)23(18-37)11-14-32/h3-9,22-23,35H,10-13,15-20H2,1-2H3,(H,39,40)/t22-,23?/m0/s1. The van der Waals surface area contributed by atoms with Crippen LogP contribution in [0.2, 0.25) is 0 Å². The van der Waals surface area contributed by atoms with E-state index in [2.05, 4.69) is 77.5 Å². The number of nitrogens with zero attached hydrogens (tertiary/aromatic N) is 6. The number of fused-ring (bicyclic) bond motifs is 2. The summed E-state index contributed by atoms with van der Waals surface area (Å²) in [5.74, 6) is 0.801. The van der Waals surface area contributed by atoms with Gasteiger partial charge in [-0.15, -0.1) is 0 Å². The fourth-order valence-electron chi connectivity index (χ4n) is 6.52. The van der Waals surface area contributed by atoms with E-state index >= 15 is 0 Å². The Labute approximate surface area is 240 Å². The van der Waals surface area contributed by atoms with Gasteiger partial charge in [-0.3, -0.25) is 0 Å². The van der Waals surface area contributed by atoms with Crippen LogP contribution in [0.4, 0.5) is 16.3 Å². The first-order valence-electron chi connectivity index (χ1n) is 14.5. The lowest BCUT2D eigenvalue weighted by molar-refractivity contribution is 0.119. The number of hydrogen-bond acceptors (Lipinski definition) is 8. The normalized spacial score (nSPS) is 21.9. The number of hydrogen-bond donors (Lipinski definition) is 2. The molecular formula is C31H37N7O3. The van der Waals surface area contributed by atoms with E-state index in [4.69, 9.17) is 14.7 Å². The van der Waals surface area contributed by atoms with Crippen LogP contribution < -0.4 is 19.9 Å². The average Bonchev–Trinajstić information content (AvgIpc) is 3.33. The van der Waals surface area contributed by atoms with Crippen molar-refractivity contribution in [2.75, 3.05) is 42.6 Å². The molecule has 0 radical (unpaired) electrons. The molecule has 2 aromatic carbocycles. The molecular weight excluding hydrogens is 518 g/mol. The highest BCUT2D eigenvalue weighted by Gasteiger charge is 2.35.